The summed E-state index contributed by atoms with van der Waals surface area (Å²) in [7, 11) is 1.35. The smallest absolute Gasteiger partial charge is 0.325 e. The molecule has 22 heavy (non-hydrogen) atoms. The van der Waals surface area contributed by atoms with E-state index in [1.807, 2.05) is 45.9 Å². The van der Waals surface area contributed by atoms with Crippen LogP contribution in [0.15, 0.2) is 23.2 Å². The second kappa shape index (κ2) is 6.04. The van der Waals surface area contributed by atoms with E-state index in [2.05, 4.69) is 4.99 Å². The highest BCUT2D eigenvalue weighted by Gasteiger charge is 2.21. The monoisotopic (exact) mass is 320 g/mol. The number of benzene rings is 1. The lowest BCUT2D eigenvalue weighted by Gasteiger charge is -2.11. The van der Waals surface area contributed by atoms with Crippen LogP contribution < -0.4 is 4.80 Å². The van der Waals surface area contributed by atoms with Crippen LogP contribution in [0.3, 0.4) is 0 Å². The predicted molar refractivity (Wildman–Crippen MR) is 86.6 cm³/mol. The minimum absolute atomic E-state index is 0.0375. The maximum atomic E-state index is 12.2. The lowest BCUT2D eigenvalue weighted by Crippen LogP contribution is -2.26. The SMILES string of the molecule is COC(=O)Cn1c(=NC(=O)C(C)(C)C)sc2cc(C)ccc21. The van der Waals surface area contributed by atoms with E-state index in [1.54, 1.807) is 4.57 Å². The molecule has 1 aromatic heterocycles. The highest BCUT2D eigenvalue weighted by atomic mass is 32.1. The lowest BCUT2D eigenvalue weighted by atomic mass is 9.96. The molecule has 0 fully saturated rings. The van der Waals surface area contributed by atoms with Crippen molar-refractivity contribution in [1.82, 2.24) is 4.57 Å². The second-order valence-electron chi connectivity index (χ2n) is 6.19. The summed E-state index contributed by atoms with van der Waals surface area (Å²) >= 11 is 1.40. The van der Waals surface area contributed by atoms with Crippen LogP contribution >= 0.6 is 11.3 Å². The second-order valence-corrected chi connectivity index (χ2v) is 7.19. The summed E-state index contributed by atoms with van der Waals surface area (Å²) in [5, 5.41) is 0. The van der Waals surface area contributed by atoms with E-state index in [9.17, 15) is 9.59 Å². The van der Waals surface area contributed by atoms with Crippen molar-refractivity contribution in [2.75, 3.05) is 7.11 Å². The summed E-state index contributed by atoms with van der Waals surface area (Å²) in [6.07, 6.45) is 0. The molecule has 0 unspecified atom stereocenters. The van der Waals surface area contributed by atoms with Gasteiger partial charge in [0.15, 0.2) is 4.80 Å². The number of hydrogen-bond acceptors (Lipinski definition) is 4. The Kier molecular flexibility index (Phi) is 4.51. The van der Waals surface area contributed by atoms with Crippen LogP contribution in [0.1, 0.15) is 26.3 Å². The first kappa shape index (κ1) is 16.4. The summed E-state index contributed by atoms with van der Waals surface area (Å²) in [4.78, 5) is 28.6. The molecule has 1 aromatic carbocycles. The number of amides is 1. The molecular weight excluding hydrogens is 300 g/mol. The number of fused-ring (bicyclic) bond motifs is 1. The molecule has 0 N–H and O–H groups in total. The van der Waals surface area contributed by atoms with E-state index in [-0.39, 0.29) is 18.4 Å². The van der Waals surface area contributed by atoms with Crippen LogP contribution in [0.2, 0.25) is 0 Å². The molecule has 1 amide bonds. The van der Waals surface area contributed by atoms with Gasteiger partial charge in [0.2, 0.25) is 0 Å². The van der Waals surface area contributed by atoms with Crippen molar-refractivity contribution in [3.63, 3.8) is 0 Å². The van der Waals surface area contributed by atoms with Crippen LogP contribution in [0.4, 0.5) is 0 Å². The van der Waals surface area contributed by atoms with E-state index in [0.717, 1.165) is 15.8 Å². The first-order valence-corrected chi connectivity index (χ1v) is 7.80. The minimum Gasteiger partial charge on any atom is -0.468 e. The maximum Gasteiger partial charge on any atom is 0.325 e. The molecule has 0 radical (unpaired) electrons. The molecule has 6 heteroatoms. The zero-order chi connectivity index (χ0) is 16.5. The maximum absolute atomic E-state index is 12.2. The molecule has 1 heterocycles. The summed E-state index contributed by atoms with van der Waals surface area (Å²) in [6.45, 7) is 7.50. The van der Waals surface area contributed by atoms with E-state index >= 15 is 0 Å². The Labute approximate surface area is 133 Å². The van der Waals surface area contributed by atoms with Gasteiger partial charge in [0.25, 0.3) is 5.91 Å². The number of hydrogen-bond donors (Lipinski definition) is 0. The normalized spacial score (nSPS) is 12.7. The molecule has 0 aliphatic rings. The van der Waals surface area contributed by atoms with Gasteiger partial charge in [0.1, 0.15) is 6.54 Å². The number of methoxy groups -OCH3 is 1. The average molecular weight is 320 g/mol. The number of thiazole rings is 1. The molecule has 2 rings (SSSR count). The molecule has 5 nitrogen and oxygen atoms in total. The first-order chi connectivity index (χ1) is 10.2. The van der Waals surface area contributed by atoms with Crippen molar-refractivity contribution in [3.05, 3.63) is 28.6 Å². The van der Waals surface area contributed by atoms with Gasteiger partial charge >= 0.3 is 5.97 Å². The average Bonchev–Trinajstić information content (AvgIpc) is 2.74. The summed E-state index contributed by atoms with van der Waals surface area (Å²) in [5.41, 5.74) is 1.43. The molecule has 0 saturated heterocycles. The van der Waals surface area contributed by atoms with E-state index in [0.29, 0.717) is 4.80 Å². The fraction of sp³-hybridized carbons (Fsp3) is 0.438. The van der Waals surface area contributed by atoms with Gasteiger partial charge in [-0.05, 0) is 24.6 Å². The molecule has 2 aromatic rings. The fourth-order valence-corrected chi connectivity index (χ4v) is 2.99. The van der Waals surface area contributed by atoms with E-state index in [4.69, 9.17) is 4.74 Å². The molecule has 0 aliphatic carbocycles. The number of nitrogens with zero attached hydrogens (tertiary/aromatic N) is 2. The number of rotatable bonds is 2. The number of aryl methyl sites for hydroxylation is 1. The van der Waals surface area contributed by atoms with Crippen molar-refractivity contribution in [1.29, 1.82) is 0 Å². The van der Waals surface area contributed by atoms with Crippen molar-refractivity contribution in [2.24, 2.45) is 10.4 Å². The van der Waals surface area contributed by atoms with Gasteiger partial charge in [0.05, 0.1) is 17.3 Å². The van der Waals surface area contributed by atoms with Crippen LogP contribution in [-0.2, 0) is 20.9 Å². The third-order valence-electron chi connectivity index (χ3n) is 3.19. The van der Waals surface area contributed by atoms with Crippen LogP contribution in [0, 0.1) is 12.3 Å². The lowest BCUT2D eigenvalue weighted by molar-refractivity contribution is -0.141. The molecule has 118 valence electrons. The summed E-state index contributed by atoms with van der Waals surface area (Å²) in [5.74, 6) is -0.584. The van der Waals surface area contributed by atoms with Gasteiger partial charge in [-0.25, -0.2) is 0 Å². The largest absolute Gasteiger partial charge is 0.468 e. The number of carbonyl (C=O) groups excluding carboxylic acids is 2. The fourth-order valence-electron chi connectivity index (χ4n) is 1.87. The highest BCUT2D eigenvalue weighted by Crippen LogP contribution is 2.20. The molecule has 0 atom stereocenters. The number of carbonyl (C=O) groups is 2. The zero-order valence-electron chi connectivity index (χ0n) is 13.5. The Morgan fingerprint density at radius 2 is 2.00 bits per heavy atom. The molecule has 0 bridgehead atoms. The van der Waals surface area contributed by atoms with Crippen molar-refractivity contribution in [3.8, 4) is 0 Å². The van der Waals surface area contributed by atoms with Gasteiger partial charge < -0.3 is 9.30 Å². The first-order valence-electron chi connectivity index (χ1n) is 6.98. The van der Waals surface area contributed by atoms with Gasteiger partial charge in [-0.1, -0.05) is 38.2 Å². The molecular formula is C16H20N2O3S. The molecule has 0 saturated carbocycles. The van der Waals surface area contributed by atoms with E-state index in [1.165, 1.54) is 18.4 Å². The standard InChI is InChI=1S/C16H20N2O3S/c1-10-6-7-11-12(8-10)22-15(17-14(20)16(2,3)4)18(11)9-13(19)21-5/h6-8H,9H2,1-5H3. The molecule has 0 spiro atoms. The van der Waals surface area contributed by atoms with Gasteiger partial charge in [-0.2, -0.15) is 4.99 Å². The van der Waals surface area contributed by atoms with Gasteiger partial charge in [-0.3, -0.25) is 9.59 Å². The third kappa shape index (κ3) is 3.44. The van der Waals surface area contributed by atoms with Gasteiger partial charge in [0, 0.05) is 5.41 Å². The number of esters is 1. The predicted octanol–water partition coefficient (Wildman–Crippen LogP) is 2.66. The number of ether oxygens (including phenoxy) is 1. The quantitative estimate of drug-likeness (QED) is 0.799. The van der Waals surface area contributed by atoms with Crippen LogP contribution in [0.5, 0.6) is 0 Å². The van der Waals surface area contributed by atoms with Crippen LogP contribution in [-0.4, -0.2) is 23.6 Å². The topological polar surface area (TPSA) is 60.7 Å². The minimum atomic E-state index is -0.560. The van der Waals surface area contributed by atoms with Crippen LogP contribution in [0.25, 0.3) is 10.2 Å². The Bertz CT molecular complexity index is 794. The third-order valence-corrected chi connectivity index (χ3v) is 4.23. The summed E-state index contributed by atoms with van der Waals surface area (Å²) in [6, 6.07) is 5.93. The van der Waals surface area contributed by atoms with Crippen molar-refractivity contribution >= 4 is 33.4 Å². The van der Waals surface area contributed by atoms with E-state index < -0.39 is 5.41 Å². The van der Waals surface area contributed by atoms with Crippen molar-refractivity contribution < 1.29 is 14.3 Å². The Morgan fingerprint density at radius 3 is 2.59 bits per heavy atom. The summed E-state index contributed by atoms with van der Waals surface area (Å²) < 4.78 is 7.46. The zero-order valence-corrected chi connectivity index (χ0v) is 14.3. The highest BCUT2D eigenvalue weighted by molar-refractivity contribution is 7.16. The molecule has 0 aliphatic heterocycles. The van der Waals surface area contributed by atoms with Crippen molar-refractivity contribution in [2.45, 2.75) is 34.2 Å². The van der Waals surface area contributed by atoms with Gasteiger partial charge in [-0.15, -0.1) is 0 Å². The Hall–Kier alpha value is -1.95. The number of aromatic nitrogens is 1. The Morgan fingerprint density at radius 1 is 1.32 bits per heavy atom. The Balaban J connectivity index is 2.66.